The first-order chi connectivity index (χ1) is 16.4. The average Bonchev–Trinajstić information content (AvgIpc) is 3.25. The largest absolute Gasteiger partial charge is 0.494 e. The van der Waals surface area contributed by atoms with Crippen molar-refractivity contribution in [1.29, 1.82) is 0 Å². The Hall–Kier alpha value is -2.29. The number of ether oxygens (including phenoxy) is 1. The van der Waals surface area contributed by atoms with Crippen molar-refractivity contribution < 1.29 is 4.74 Å². The highest BCUT2D eigenvalue weighted by molar-refractivity contribution is 5.75. The maximum atomic E-state index is 5.95. The summed E-state index contributed by atoms with van der Waals surface area (Å²) < 4.78 is 8.15. The Morgan fingerprint density at radius 3 is 1.88 bits per heavy atom. The van der Waals surface area contributed by atoms with E-state index in [2.05, 4.69) is 58.9 Å². The molecule has 3 nitrogen and oxygen atoms in total. The molecule has 0 amide bonds. The Balaban J connectivity index is 1.17. The number of unbranched alkanes of at least 4 members (excludes halogenated alkanes) is 13. The van der Waals surface area contributed by atoms with Crippen molar-refractivity contribution in [3.05, 3.63) is 60.4 Å². The SMILES string of the molecule is CCCCCCCCCCCCCCCCOc1ccc(Cn2cnc3ccccc32)cc1. The van der Waals surface area contributed by atoms with E-state index in [9.17, 15) is 0 Å². The first-order valence-corrected chi connectivity index (χ1v) is 13.5. The maximum Gasteiger partial charge on any atom is 0.119 e. The number of benzene rings is 2. The van der Waals surface area contributed by atoms with Gasteiger partial charge in [0.05, 0.1) is 24.0 Å². The second-order valence-corrected chi connectivity index (χ2v) is 9.45. The molecule has 3 aromatic rings. The Bertz CT molecular complexity index is 884. The number of para-hydroxylation sites is 2. The second-order valence-electron chi connectivity index (χ2n) is 9.45. The van der Waals surface area contributed by atoms with E-state index in [4.69, 9.17) is 4.74 Å². The van der Waals surface area contributed by atoms with E-state index >= 15 is 0 Å². The summed E-state index contributed by atoms with van der Waals surface area (Å²) in [5.74, 6) is 0.976. The van der Waals surface area contributed by atoms with Gasteiger partial charge >= 0.3 is 0 Å². The third-order valence-electron chi connectivity index (χ3n) is 6.57. The number of rotatable bonds is 18. The van der Waals surface area contributed by atoms with Crippen LogP contribution < -0.4 is 4.74 Å². The molecule has 1 heterocycles. The number of aromatic nitrogens is 2. The summed E-state index contributed by atoms with van der Waals surface area (Å²) in [5, 5.41) is 0. The second kappa shape index (κ2) is 15.5. The molecule has 0 aliphatic carbocycles. The molecule has 0 radical (unpaired) electrons. The molecule has 180 valence electrons. The van der Waals surface area contributed by atoms with Crippen LogP contribution in [0.15, 0.2) is 54.9 Å². The van der Waals surface area contributed by atoms with Gasteiger partial charge in [0.15, 0.2) is 0 Å². The summed E-state index contributed by atoms with van der Waals surface area (Å²) in [5.41, 5.74) is 3.49. The highest BCUT2D eigenvalue weighted by Crippen LogP contribution is 2.18. The van der Waals surface area contributed by atoms with Gasteiger partial charge in [0.25, 0.3) is 0 Å². The maximum absolute atomic E-state index is 5.95. The minimum Gasteiger partial charge on any atom is -0.494 e. The summed E-state index contributed by atoms with van der Waals surface area (Å²) >= 11 is 0. The standard InChI is InChI=1S/C30H44N2O/c1-2-3-4-5-6-7-8-9-10-11-12-13-14-17-24-33-28-22-20-27(21-23-28)25-32-26-31-29-18-15-16-19-30(29)32/h15-16,18-23,26H,2-14,17,24-25H2,1H3. The molecule has 1 aromatic heterocycles. The molecule has 0 bridgehead atoms. The molecule has 0 fully saturated rings. The predicted octanol–water partition coefficient (Wildman–Crippen LogP) is 8.94. The van der Waals surface area contributed by atoms with Gasteiger partial charge in [-0.2, -0.15) is 0 Å². The lowest BCUT2D eigenvalue weighted by Gasteiger charge is -2.08. The Kier molecular flexibility index (Phi) is 11.9. The van der Waals surface area contributed by atoms with E-state index in [0.29, 0.717) is 0 Å². The van der Waals surface area contributed by atoms with Gasteiger partial charge in [-0.25, -0.2) is 4.98 Å². The molecule has 0 spiro atoms. The zero-order valence-corrected chi connectivity index (χ0v) is 20.8. The van der Waals surface area contributed by atoms with Crippen LogP contribution in [0.2, 0.25) is 0 Å². The molecular formula is C30H44N2O. The fourth-order valence-corrected chi connectivity index (χ4v) is 4.51. The molecule has 0 atom stereocenters. The van der Waals surface area contributed by atoms with Crippen LogP contribution >= 0.6 is 0 Å². The molecule has 33 heavy (non-hydrogen) atoms. The van der Waals surface area contributed by atoms with E-state index < -0.39 is 0 Å². The molecule has 0 N–H and O–H groups in total. The van der Waals surface area contributed by atoms with Crippen molar-refractivity contribution in [3.8, 4) is 5.75 Å². The normalized spacial score (nSPS) is 11.3. The molecule has 0 saturated heterocycles. The van der Waals surface area contributed by atoms with Crippen LogP contribution in [-0.4, -0.2) is 16.2 Å². The quantitative estimate of drug-likeness (QED) is 0.182. The van der Waals surface area contributed by atoms with Crippen molar-refractivity contribution in [1.82, 2.24) is 9.55 Å². The van der Waals surface area contributed by atoms with Gasteiger partial charge < -0.3 is 9.30 Å². The van der Waals surface area contributed by atoms with Crippen LogP contribution in [0.5, 0.6) is 5.75 Å². The van der Waals surface area contributed by atoms with Crippen LogP contribution in [0.4, 0.5) is 0 Å². The van der Waals surface area contributed by atoms with E-state index in [0.717, 1.165) is 30.8 Å². The summed E-state index contributed by atoms with van der Waals surface area (Å²) in [7, 11) is 0. The highest BCUT2D eigenvalue weighted by atomic mass is 16.5. The van der Waals surface area contributed by atoms with Crippen molar-refractivity contribution in [3.63, 3.8) is 0 Å². The lowest BCUT2D eigenvalue weighted by Crippen LogP contribution is -1.99. The van der Waals surface area contributed by atoms with Crippen LogP contribution in [0.1, 0.15) is 102 Å². The van der Waals surface area contributed by atoms with Gasteiger partial charge in [0.2, 0.25) is 0 Å². The van der Waals surface area contributed by atoms with Crippen molar-refractivity contribution >= 4 is 11.0 Å². The average molecular weight is 449 g/mol. The summed E-state index contributed by atoms with van der Waals surface area (Å²) in [6.07, 6.45) is 21.3. The predicted molar refractivity (Wildman–Crippen MR) is 141 cm³/mol. The molecule has 0 aliphatic heterocycles. The molecule has 0 aliphatic rings. The van der Waals surface area contributed by atoms with E-state index in [1.807, 2.05) is 12.4 Å². The molecular weight excluding hydrogens is 404 g/mol. The van der Waals surface area contributed by atoms with Gasteiger partial charge in [0.1, 0.15) is 5.75 Å². The minimum absolute atomic E-state index is 0.823. The Morgan fingerprint density at radius 1 is 0.667 bits per heavy atom. The fourth-order valence-electron chi connectivity index (χ4n) is 4.51. The molecule has 3 rings (SSSR count). The zero-order valence-electron chi connectivity index (χ0n) is 20.8. The number of nitrogens with zero attached hydrogens (tertiary/aromatic N) is 2. The topological polar surface area (TPSA) is 27.1 Å². The van der Waals surface area contributed by atoms with Crippen molar-refractivity contribution in [2.24, 2.45) is 0 Å². The van der Waals surface area contributed by atoms with Crippen LogP contribution in [-0.2, 0) is 6.54 Å². The molecule has 2 aromatic carbocycles. The Labute approximate surface area is 201 Å². The lowest BCUT2D eigenvalue weighted by atomic mass is 10.0. The van der Waals surface area contributed by atoms with Crippen molar-refractivity contribution in [2.75, 3.05) is 6.61 Å². The van der Waals surface area contributed by atoms with Gasteiger partial charge in [-0.15, -0.1) is 0 Å². The van der Waals surface area contributed by atoms with Gasteiger partial charge in [0, 0.05) is 6.54 Å². The summed E-state index contributed by atoms with van der Waals surface area (Å²) in [6, 6.07) is 16.8. The zero-order chi connectivity index (χ0) is 23.0. The molecule has 3 heteroatoms. The first-order valence-electron chi connectivity index (χ1n) is 13.5. The van der Waals surface area contributed by atoms with E-state index in [1.165, 1.54) is 94.6 Å². The highest BCUT2D eigenvalue weighted by Gasteiger charge is 2.03. The summed E-state index contributed by atoms with van der Waals surface area (Å²) in [6.45, 7) is 3.95. The van der Waals surface area contributed by atoms with Gasteiger partial charge in [-0.1, -0.05) is 115 Å². The van der Waals surface area contributed by atoms with Crippen molar-refractivity contribution in [2.45, 2.75) is 103 Å². The Morgan fingerprint density at radius 2 is 1.24 bits per heavy atom. The van der Waals surface area contributed by atoms with Crippen LogP contribution in [0.3, 0.4) is 0 Å². The number of hydrogen-bond acceptors (Lipinski definition) is 2. The first kappa shape index (κ1) is 25.3. The lowest BCUT2D eigenvalue weighted by molar-refractivity contribution is 0.304. The van der Waals surface area contributed by atoms with Crippen LogP contribution in [0.25, 0.3) is 11.0 Å². The van der Waals surface area contributed by atoms with E-state index in [1.54, 1.807) is 0 Å². The summed E-state index contributed by atoms with van der Waals surface area (Å²) in [4.78, 5) is 4.47. The smallest absolute Gasteiger partial charge is 0.119 e. The number of hydrogen-bond donors (Lipinski definition) is 0. The van der Waals surface area contributed by atoms with E-state index in [-0.39, 0.29) is 0 Å². The number of fused-ring (bicyclic) bond motifs is 1. The fraction of sp³-hybridized carbons (Fsp3) is 0.567. The number of imidazole rings is 1. The molecule has 0 saturated carbocycles. The van der Waals surface area contributed by atoms with Crippen LogP contribution in [0, 0.1) is 0 Å². The minimum atomic E-state index is 0.823. The molecule has 0 unspecified atom stereocenters. The van der Waals surface area contributed by atoms with Gasteiger partial charge in [-0.05, 0) is 36.2 Å². The third-order valence-corrected chi connectivity index (χ3v) is 6.57. The van der Waals surface area contributed by atoms with Gasteiger partial charge in [-0.3, -0.25) is 0 Å². The third kappa shape index (κ3) is 9.61. The monoisotopic (exact) mass is 448 g/mol.